The quantitative estimate of drug-likeness (QED) is 0.895. The Bertz CT molecular complexity index is 723. The van der Waals surface area contributed by atoms with E-state index in [2.05, 4.69) is 5.10 Å². The van der Waals surface area contributed by atoms with E-state index in [1.807, 2.05) is 0 Å². The van der Waals surface area contributed by atoms with Gasteiger partial charge in [0.2, 0.25) is 5.09 Å². The molecule has 0 spiro atoms. The van der Waals surface area contributed by atoms with Crippen LogP contribution in [0, 0.1) is 0 Å². The number of aryl methyl sites for hydroxylation is 1. The zero-order valence-electron chi connectivity index (χ0n) is 12.3. The summed E-state index contributed by atoms with van der Waals surface area (Å²) in [5.74, 6) is 0. The first-order chi connectivity index (χ1) is 10.5. The monoisotopic (exact) mass is 325 g/mol. The Kier molecular flexibility index (Phi) is 4.07. The molecule has 0 aromatic carbocycles. The Morgan fingerprint density at radius 1 is 1.55 bits per heavy atom. The molecule has 1 N–H and O–H groups in total. The van der Waals surface area contributed by atoms with Crippen LogP contribution in [0.25, 0.3) is 0 Å². The Balaban J connectivity index is 1.76. The third kappa shape index (κ3) is 2.81. The van der Waals surface area contributed by atoms with E-state index < -0.39 is 16.1 Å². The van der Waals surface area contributed by atoms with E-state index in [1.54, 1.807) is 30.2 Å². The predicted octanol–water partition coefficient (Wildman–Crippen LogP) is 1.29. The van der Waals surface area contributed by atoms with Crippen LogP contribution in [0.3, 0.4) is 0 Å². The van der Waals surface area contributed by atoms with E-state index in [4.69, 9.17) is 4.42 Å². The van der Waals surface area contributed by atoms with Gasteiger partial charge < -0.3 is 9.52 Å². The van der Waals surface area contributed by atoms with Crippen LogP contribution in [0.2, 0.25) is 0 Å². The van der Waals surface area contributed by atoms with Crippen LogP contribution in [-0.2, 0) is 17.1 Å². The Morgan fingerprint density at radius 2 is 2.36 bits per heavy atom. The summed E-state index contributed by atoms with van der Waals surface area (Å²) in [7, 11) is -1.86. The van der Waals surface area contributed by atoms with Crippen molar-refractivity contribution in [1.29, 1.82) is 0 Å². The second-order valence-corrected chi connectivity index (χ2v) is 7.36. The van der Waals surface area contributed by atoms with Crippen molar-refractivity contribution >= 4 is 10.0 Å². The van der Waals surface area contributed by atoms with Gasteiger partial charge in [-0.25, -0.2) is 8.42 Å². The average Bonchev–Trinajstić information content (AvgIpc) is 3.19. The van der Waals surface area contributed by atoms with Gasteiger partial charge in [0.15, 0.2) is 0 Å². The van der Waals surface area contributed by atoms with Gasteiger partial charge in [-0.05, 0) is 31.4 Å². The number of aliphatic hydroxyl groups excluding tert-OH is 1. The molecule has 0 radical (unpaired) electrons. The molecule has 1 aliphatic heterocycles. The van der Waals surface area contributed by atoms with E-state index in [-0.39, 0.29) is 11.1 Å². The molecule has 0 saturated carbocycles. The average molecular weight is 325 g/mol. The molecule has 8 heteroatoms. The van der Waals surface area contributed by atoms with Crippen LogP contribution in [0.1, 0.15) is 30.9 Å². The largest absolute Gasteiger partial charge is 0.452 e. The summed E-state index contributed by atoms with van der Waals surface area (Å²) in [5.41, 5.74) is 0.699. The maximum Gasteiger partial charge on any atom is 0.276 e. The third-order valence-corrected chi connectivity index (χ3v) is 5.83. The van der Waals surface area contributed by atoms with Crippen molar-refractivity contribution in [2.24, 2.45) is 7.05 Å². The van der Waals surface area contributed by atoms with Gasteiger partial charge in [-0.15, -0.1) is 0 Å². The number of aliphatic hydroxyl groups is 1. The number of rotatable bonds is 5. The van der Waals surface area contributed by atoms with Gasteiger partial charge in [-0.1, -0.05) is 0 Å². The molecule has 0 amide bonds. The van der Waals surface area contributed by atoms with Crippen LogP contribution in [0.5, 0.6) is 0 Å². The minimum Gasteiger partial charge on any atom is -0.452 e. The lowest BCUT2D eigenvalue weighted by Gasteiger charge is -2.24. The molecule has 22 heavy (non-hydrogen) atoms. The first kappa shape index (κ1) is 15.3. The first-order valence-electron chi connectivity index (χ1n) is 7.20. The van der Waals surface area contributed by atoms with Crippen molar-refractivity contribution in [2.45, 2.75) is 36.5 Å². The molecular formula is C14H19N3O4S. The van der Waals surface area contributed by atoms with Gasteiger partial charge >= 0.3 is 0 Å². The molecular weight excluding hydrogens is 306 g/mol. The van der Waals surface area contributed by atoms with Crippen molar-refractivity contribution < 1.29 is 17.9 Å². The summed E-state index contributed by atoms with van der Waals surface area (Å²) < 4.78 is 33.2. The van der Waals surface area contributed by atoms with E-state index in [1.165, 1.54) is 16.6 Å². The molecule has 3 rings (SSSR count). The standard InChI is InChI=1S/C14H19N3O4S/c1-16-10-11(9-15-16)13(18)8-12-4-2-6-17(12)22(19,20)14-5-3-7-21-14/h3,5,7,9-10,12-13,18H,2,4,6,8H2,1H3. The smallest absolute Gasteiger partial charge is 0.276 e. The zero-order chi connectivity index (χ0) is 15.7. The summed E-state index contributed by atoms with van der Waals surface area (Å²) in [6.45, 7) is 0.452. The second-order valence-electron chi connectivity index (χ2n) is 5.54. The number of nitrogens with zero attached hydrogens (tertiary/aromatic N) is 3. The van der Waals surface area contributed by atoms with Gasteiger partial charge in [-0.2, -0.15) is 9.40 Å². The Labute approximate surface area is 129 Å². The number of hydrogen-bond acceptors (Lipinski definition) is 5. The lowest BCUT2D eigenvalue weighted by molar-refractivity contribution is 0.141. The molecule has 7 nitrogen and oxygen atoms in total. The fourth-order valence-corrected chi connectivity index (χ4v) is 4.51. The topological polar surface area (TPSA) is 88.6 Å². The van der Waals surface area contributed by atoms with Crippen LogP contribution < -0.4 is 0 Å². The van der Waals surface area contributed by atoms with Crippen LogP contribution in [-0.4, -0.2) is 40.2 Å². The van der Waals surface area contributed by atoms with Crippen molar-refractivity contribution in [3.8, 4) is 0 Å². The van der Waals surface area contributed by atoms with Crippen molar-refractivity contribution in [2.75, 3.05) is 6.54 Å². The molecule has 0 bridgehead atoms. The fourth-order valence-electron chi connectivity index (χ4n) is 2.89. The van der Waals surface area contributed by atoms with E-state index in [0.717, 1.165) is 12.8 Å². The highest BCUT2D eigenvalue weighted by molar-refractivity contribution is 7.89. The number of furan rings is 1. The number of hydrogen-bond donors (Lipinski definition) is 1. The van der Waals surface area contributed by atoms with Crippen molar-refractivity contribution in [3.63, 3.8) is 0 Å². The summed E-state index contributed by atoms with van der Waals surface area (Å²) in [5, 5.41) is 14.3. The second kappa shape index (κ2) is 5.86. The molecule has 3 heterocycles. The summed E-state index contributed by atoms with van der Waals surface area (Å²) in [4.78, 5) is 0. The van der Waals surface area contributed by atoms with E-state index in [0.29, 0.717) is 18.5 Å². The maximum absolute atomic E-state index is 12.6. The van der Waals surface area contributed by atoms with Gasteiger partial charge in [0.25, 0.3) is 10.0 Å². The van der Waals surface area contributed by atoms with Crippen LogP contribution in [0.4, 0.5) is 0 Å². The molecule has 2 aromatic heterocycles. The Morgan fingerprint density at radius 3 is 3.00 bits per heavy atom. The molecule has 1 fully saturated rings. The zero-order valence-corrected chi connectivity index (χ0v) is 13.1. The minimum absolute atomic E-state index is 0.0460. The van der Waals surface area contributed by atoms with E-state index >= 15 is 0 Å². The highest BCUT2D eigenvalue weighted by atomic mass is 32.2. The lowest BCUT2D eigenvalue weighted by atomic mass is 10.0. The number of sulfonamides is 1. The SMILES string of the molecule is Cn1cc(C(O)CC2CCCN2S(=O)(=O)c2ccco2)cn1. The normalized spacial score (nSPS) is 21.3. The fraction of sp³-hybridized carbons (Fsp3) is 0.500. The van der Waals surface area contributed by atoms with Crippen molar-refractivity contribution in [1.82, 2.24) is 14.1 Å². The highest BCUT2D eigenvalue weighted by Gasteiger charge is 2.37. The van der Waals surface area contributed by atoms with Crippen LogP contribution >= 0.6 is 0 Å². The van der Waals surface area contributed by atoms with Crippen LogP contribution in [0.15, 0.2) is 40.3 Å². The maximum atomic E-state index is 12.6. The highest BCUT2D eigenvalue weighted by Crippen LogP contribution is 2.31. The molecule has 120 valence electrons. The molecule has 2 aromatic rings. The predicted molar refractivity (Wildman–Crippen MR) is 78.4 cm³/mol. The van der Waals surface area contributed by atoms with Crippen molar-refractivity contribution in [3.05, 3.63) is 36.4 Å². The molecule has 2 unspecified atom stereocenters. The molecule has 2 atom stereocenters. The molecule has 1 saturated heterocycles. The third-order valence-electron chi connectivity index (χ3n) is 3.99. The minimum atomic E-state index is -3.63. The van der Waals surface area contributed by atoms with Gasteiger partial charge in [0.05, 0.1) is 18.6 Å². The lowest BCUT2D eigenvalue weighted by Crippen LogP contribution is -2.36. The van der Waals surface area contributed by atoms with E-state index in [9.17, 15) is 13.5 Å². The van der Waals surface area contributed by atoms with Gasteiger partial charge in [-0.3, -0.25) is 4.68 Å². The summed E-state index contributed by atoms with van der Waals surface area (Å²) >= 11 is 0. The summed E-state index contributed by atoms with van der Waals surface area (Å²) in [6, 6.07) is 2.77. The first-order valence-corrected chi connectivity index (χ1v) is 8.64. The molecule has 0 aliphatic carbocycles. The van der Waals surface area contributed by atoms with Gasteiger partial charge in [0.1, 0.15) is 0 Å². The van der Waals surface area contributed by atoms with Gasteiger partial charge in [0, 0.05) is 31.4 Å². The molecule has 1 aliphatic rings. The summed E-state index contributed by atoms with van der Waals surface area (Å²) in [6.07, 6.45) is 5.83. The Hall–Kier alpha value is -1.64. The number of aromatic nitrogens is 2.